The lowest BCUT2D eigenvalue weighted by Crippen LogP contribution is -2.32. The standard InChI is InChI=1S/C19H19ClN2O/c1-13-5-2-6-14(11-13)18-21-10-4-9-17(21)19(23)22(18)16-8-3-7-15(20)12-16/h2-3,5-8,11-12,17-18H,4,9-10H2,1H3/t17-,18+/m0/s1. The molecule has 4 heteroatoms. The number of anilines is 1. The number of benzene rings is 2. The molecule has 3 nitrogen and oxygen atoms in total. The number of fused-ring (bicyclic) bond motifs is 1. The third-order valence-corrected chi connectivity index (χ3v) is 5.04. The minimum Gasteiger partial charge on any atom is -0.290 e. The highest BCUT2D eigenvalue weighted by Gasteiger charge is 2.49. The quantitative estimate of drug-likeness (QED) is 0.827. The number of hydrogen-bond donors (Lipinski definition) is 0. The second-order valence-electron chi connectivity index (χ2n) is 6.37. The highest BCUT2D eigenvalue weighted by atomic mass is 35.5. The van der Waals surface area contributed by atoms with Gasteiger partial charge in [-0.1, -0.05) is 47.5 Å². The smallest absolute Gasteiger partial charge is 0.246 e. The van der Waals surface area contributed by atoms with Gasteiger partial charge >= 0.3 is 0 Å². The molecule has 2 atom stereocenters. The molecule has 0 unspecified atom stereocenters. The minimum absolute atomic E-state index is 0.000469. The van der Waals surface area contributed by atoms with Crippen LogP contribution < -0.4 is 4.90 Å². The molecule has 0 aromatic heterocycles. The zero-order valence-corrected chi connectivity index (χ0v) is 13.8. The lowest BCUT2D eigenvalue weighted by atomic mass is 10.1. The van der Waals surface area contributed by atoms with E-state index in [1.54, 1.807) is 0 Å². The lowest BCUT2D eigenvalue weighted by molar-refractivity contribution is -0.119. The summed E-state index contributed by atoms with van der Waals surface area (Å²) in [7, 11) is 0. The van der Waals surface area contributed by atoms with E-state index in [0.717, 1.165) is 25.1 Å². The molecular formula is C19H19ClN2O. The van der Waals surface area contributed by atoms with E-state index in [-0.39, 0.29) is 18.1 Å². The van der Waals surface area contributed by atoms with Crippen LogP contribution in [0.3, 0.4) is 0 Å². The first-order valence-corrected chi connectivity index (χ1v) is 8.44. The van der Waals surface area contributed by atoms with Gasteiger partial charge in [0.2, 0.25) is 5.91 Å². The Morgan fingerprint density at radius 2 is 1.96 bits per heavy atom. The molecule has 0 aliphatic carbocycles. The number of rotatable bonds is 2. The molecule has 2 aromatic rings. The van der Waals surface area contributed by atoms with Crippen LogP contribution >= 0.6 is 11.6 Å². The Hall–Kier alpha value is -1.84. The zero-order valence-electron chi connectivity index (χ0n) is 13.1. The Kier molecular flexibility index (Phi) is 3.63. The number of halogens is 1. The molecule has 0 spiro atoms. The minimum atomic E-state index is -0.0339. The molecule has 2 aliphatic rings. The van der Waals surface area contributed by atoms with Gasteiger partial charge in [-0.2, -0.15) is 0 Å². The van der Waals surface area contributed by atoms with Crippen LogP contribution in [0.4, 0.5) is 5.69 Å². The highest BCUT2D eigenvalue weighted by Crippen LogP contribution is 2.42. The highest BCUT2D eigenvalue weighted by molar-refractivity contribution is 6.31. The average Bonchev–Trinajstić information content (AvgIpc) is 3.09. The van der Waals surface area contributed by atoms with Gasteiger partial charge in [0.25, 0.3) is 0 Å². The zero-order chi connectivity index (χ0) is 16.0. The van der Waals surface area contributed by atoms with Crippen molar-refractivity contribution in [1.82, 2.24) is 4.90 Å². The normalized spacial score (nSPS) is 24.3. The summed E-state index contributed by atoms with van der Waals surface area (Å²) in [4.78, 5) is 17.3. The SMILES string of the molecule is Cc1cccc([C@H]2N(c3cccc(Cl)c3)C(=O)[C@@H]3CCCN32)c1. The van der Waals surface area contributed by atoms with E-state index in [2.05, 4.69) is 36.1 Å². The van der Waals surface area contributed by atoms with Crippen molar-refractivity contribution in [3.05, 3.63) is 64.7 Å². The molecule has 118 valence electrons. The predicted octanol–water partition coefficient (Wildman–Crippen LogP) is 4.16. The molecule has 4 rings (SSSR count). The summed E-state index contributed by atoms with van der Waals surface area (Å²) >= 11 is 6.16. The van der Waals surface area contributed by atoms with Gasteiger partial charge in [0.1, 0.15) is 6.17 Å². The summed E-state index contributed by atoms with van der Waals surface area (Å²) < 4.78 is 0. The molecular weight excluding hydrogens is 308 g/mol. The fraction of sp³-hybridized carbons (Fsp3) is 0.316. The Morgan fingerprint density at radius 1 is 1.13 bits per heavy atom. The van der Waals surface area contributed by atoms with Crippen LogP contribution in [0, 0.1) is 6.92 Å². The van der Waals surface area contributed by atoms with Crippen LogP contribution in [-0.2, 0) is 4.79 Å². The van der Waals surface area contributed by atoms with Crippen LogP contribution in [0.15, 0.2) is 48.5 Å². The molecule has 2 aliphatic heterocycles. The number of carbonyl (C=O) groups excluding carboxylic acids is 1. The summed E-state index contributed by atoms with van der Waals surface area (Å²) in [6.07, 6.45) is 1.99. The van der Waals surface area contributed by atoms with Crippen molar-refractivity contribution in [3.8, 4) is 0 Å². The van der Waals surface area contributed by atoms with E-state index in [4.69, 9.17) is 11.6 Å². The summed E-state index contributed by atoms with van der Waals surface area (Å²) in [5.41, 5.74) is 3.26. The Labute approximate surface area is 141 Å². The third kappa shape index (κ3) is 2.44. The van der Waals surface area contributed by atoms with Crippen molar-refractivity contribution in [2.75, 3.05) is 11.4 Å². The summed E-state index contributed by atoms with van der Waals surface area (Å²) in [6.45, 7) is 3.05. The maximum absolute atomic E-state index is 13.0. The van der Waals surface area contributed by atoms with Gasteiger partial charge in [-0.05, 0) is 43.5 Å². The molecule has 2 saturated heterocycles. The van der Waals surface area contributed by atoms with Crippen LogP contribution in [-0.4, -0.2) is 23.4 Å². The number of aryl methyl sites for hydroxylation is 1. The molecule has 2 aromatic carbocycles. The van der Waals surface area contributed by atoms with Crippen molar-refractivity contribution in [2.24, 2.45) is 0 Å². The van der Waals surface area contributed by atoms with Crippen LogP contribution in [0.1, 0.15) is 30.1 Å². The molecule has 0 bridgehead atoms. The van der Waals surface area contributed by atoms with Crippen molar-refractivity contribution < 1.29 is 4.79 Å². The van der Waals surface area contributed by atoms with Gasteiger partial charge in [-0.3, -0.25) is 14.6 Å². The van der Waals surface area contributed by atoms with Crippen molar-refractivity contribution >= 4 is 23.2 Å². The monoisotopic (exact) mass is 326 g/mol. The Morgan fingerprint density at radius 3 is 2.74 bits per heavy atom. The molecule has 0 N–H and O–H groups in total. The van der Waals surface area contributed by atoms with E-state index in [0.29, 0.717) is 5.02 Å². The number of hydrogen-bond acceptors (Lipinski definition) is 2. The average molecular weight is 327 g/mol. The van der Waals surface area contributed by atoms with Gasteiger partial charge in [-0.25, -0.2) is 0 Å². The molecule has 2 heterocycles. The first-order chi connectivity index (χ1) is 11.1. The molecule has 2 fully saturated rings. The van der Waals surface area contributed by atoms with Gasteiger partial charge in [0, 0.05) is 17.3 Å². The number of nitrogens with zero attached hydrogens (tertiary/aromatic N) is 2. The maximum atomic E-state index is 13.0. The van der Waals surface area contributed by atoms with Gasteiger partial charge < -0.3 is 0 Å². The molecule has 0 radical (unpaired) electrons. The van der Waals surface area contributed by atoms with Crippen molar-refractivity contribution in [3.63, 3.8) is 0 Å². The summed E-state index contributed by atoms with van der Waals surface area (Å²) in [5.74, 6) is 0.191. The predicted molar refractivity (Wildman–Crippen MR) is 92.6 cm³/mol. The van der Waals surface area contributed by atoms with E-state index in [1.165, 1.54) is 11.1 Å². The van der Waals surface area contributed by atoms with Crippen molar-refractivity contribution in [2.45, 2.75) is 32.0 Å². The van der Waals surface area contributed by atoms with Gasteiger partial charge in [-0.15, -0.1) is 0 Å². The Balaban J connectivity index is 1.83. The lowest BCUT2D eigenvalue weighted by Gasteiger charge is -2.30. The van der Waals surface area contributed by atoms with E-state index >= 15 is 0 Å². The van der Waals surface area contributed by atoms with Crippen LogP contribution in [0.2, 0.25) is 5.02 Å². The topological polar surface area (TPSA) is 23.6 Å². The fourth-order valence-corrected chi connectivity index (χ4v) is 4.03. The molecule has 23 heavy (non-hydrogen) atoms. The third-order valence-electron chi connectivity index (χ3n) is 4.80. The van der Waals surface area contributed by atoms with Gasteiger partial charge in [0.15, 0.2) is 0 Å². The number of carbonyl (C=O) groups is 1. The fourth-order valence-electron chi connectivity index (χ4n) is 3.84. The largest absolute Gasteiger partial charge is 0.290 e. The van der Waals surface area contributed by atoms with Crippen LogP contribution in [0.5, 0.6) is 0 Å². The van der Waals surface area contributed by atoms with Gasteiger partial charge in [0.05, 0.1) is 6.04 Å². The summed E-state index contributed by atoms with van der Waals surface area (Å²) in [5, 5.41) is 0.658. The first kappa shape index (κ1) is 14.7. The number of amides is 1. The van der Waals surface area contributed by atoms with E-state index < -0.39 is 0 Å². The van der Waals surface area contributed by atoms with Crippen molar-refractivity contribution in [1.29, 1.82) is 0 Å². The first-order valence-electron chi connectivity index (χ1n) is 8.06. The molecule has 0 saturated carbocycles. The molecule has 1 amide bonds. The second-order valence-corrected chi connectivity index (χ2v) is 6.81. The van der Waals surface area contributed by atoms with Crippen LogP contribution in [0.25, 0.3) is 0 Å². The Bertz CT molecular complexity index is 761. The second kappa shape index (κ2) is 5.66. The maximum Gasteiger partial charge on any atom is 0.246 e. The van der Waals surface area contributed by atoms with E-state index in [1.807, 2.05) is 29.2 Å². The summed E-state index contributed by atoms with van der Waals surface area (Å²) in [6, 6.07) is 16.0. The van der Waals surface area contributed by atoms with E-state index in [9.17, 15) is 4.79 Å².